The maximum absolute atomic E-state index is 5.46. The predicted octanol–water partition coefficient (Wildman–Crippen LogP) is 11.2. The Balaban J connectivity index is 1.38. The summed E-state index contributed by atoms with van der Waals surface area (Å²) in [6.07, 6.45) is 0. The fraction of sp³-hybridized carbons (Fsp3) is 0. The first-order chi connectivity index (χ1) is 22.3. The number of thiophene rings is 1. The van der Waals surface area contributed by atoms with Gasteiger partial charge in [0.15, 0.2) is 5.82 Å². The SMILES string of the molecule is c1ccc(-c2cc(-c3cccc4nc(-c5cccc6ccccc56)c5c6ccccc6sc5c34)nc(-c3ccccc3)n2)cc1. The van der Waals surface area contributed by atoms with Crippen LogP contribution >= 0.6 is 11.3 Å². The Morgan fingerprint density at radius 3 is 1.93 bits per heavy atom. The summed E-state index contributed by atoms with van der Waals surface area (Å²) in [5, 5.41) is 5.95. The van der Waals surface area contributed by atoms with Crippen LogP contribution in [0.3, 0.4) is 0 Å². The van der Waals surface area contributed by atoms with Crippen molar-refractivity contribution in [3.63, 3.8) is 0 Å². The minimum Gasteiger partial charge on any atom is -0.247 e. The minimum absolute atomic E-state index is 0.705. The van der Waals surface area contributed by atoms with Crippen molar-refractivity contribution in [1.29, 1.82) is 0 Å². The normalized spacial score (nSPS) is 11.6. The molecule has 0 aliphatic carbocycles. The van der Waals surface area contributed by atoms with E-state index in [0.717, 1.165) is 50.2 Å². The first-order valence-corrected chi connectivity index (χ1v) is 15.9. The Labute approximate surface area is 264 Å². The number of benzene rings is 6. The second kappa shape index (κ2) is 10.5. The van der Waals surface area contributed by atoms with Crippen LogP contribution in [0, 0.1) is 0 Å². The van der Waals surface area contributed by atoms with Gasteiger partial charge in [-0.15, -0.1) is 11.3 Å². The third-order valence-corrected chi connectivity index (χ3v) is 9.67. The van der Waals surface area contributed by atoms with E-state index in [0.29, 0.717) is 5.82 Å². The number of hydrogen-bond acceptors (Lipinski definition) is 4. The second-order valence-corrected chi connectivity index (χ2v) is 12.2. The zero-order valence-electron chi connectivity index (χ0n) is 24.2. The quantitative estimate of drug-likeness (QED) is 0.204. The summed E-state index contributed by atoms with van der Waals surface area (Å²) in [5.74, 6) is 0.705. The van der Waals surface area contributed by atoms with Gasteiger partial charge in [-0.3, -0.25) is 0 Å². The van der Waals surface area contributed by atoms with Crippen LogP contribution < -0.4 is 0 Å². The van der Waals surface area contributed by atoms with E-state index in [1.165, 1.54) is 30.9 Å². The number of rotatable bonds is 4. The second-order valence-electron chi connectivity index (χ2n) is 11.2. The molecule has 4 heteroatoms. The molecule has 9 rings (SSSR count). The molecule has 0 aliphatic rings. The molecule has 9 aromatic rings. The molecule has 3 aromatic heterocycles. The lowest BCUT2D eigenvalue weighted by atomic mass is 9.96. The lowest BCUT2D eigenvalue weighted by Gasteiger charge is -2.14. The van der Waals surface area contributed by atoms with Gasteiger partial charge in [-0.1, -0.05) is 133 Å². The van der Waals surface area contributed by atoms with Gasteiger partial charge in [0, 0.05) is 47.8 Å². The van der Waals surface area contributed by atoms with Crippen molar-refractivity contribution in [2.24, 2.45) is 0 Å². The van der Waals surface area contributed by atoms with Crippen molar-refractivity contribution in [2.45, 2.75) is 0 Å². The molecule has 0 aliphatic heterocycles. The van der Waals surface area contributed by atoms with E-state index in [1.54, 1.807) is 0 Å². The largest absolute Gasteiger partial charge is 0.247 e. The zero-order valence-corrected chi connectivity index (χ0v) is 25.0. The summed E-state index contributed by atoms with van der Waals surface area (Å²) in [4.78, 5) is 15.7. The van der Waals surface area contributed by atoms with Crippen molar-refractivity contribution >= 4 is 53.2 Å². The summed E-state index contributed by atoms with van der Waals surface area (Å²) in [5.41, 5.74) is 7.99. The van der Waals surface area contributed by atoms with Crippen molar-refractivity contribution in [3.05, 3.63) is 152 Å². The van der Waals surface area contributed by atoms with Gasteiger partial charge in [-0.25, -0.2) is 15.0 Å². The van der Waals surface area contributed by atoms with E-state index >= 15 is 0 Å². The van der Waals surface area contributed by atoms with E-state index in [4.69, 9.17) is 15.0 Å². The third-order valence-electron chi connectivity index (χ3n) is 8.48. The Morgan fingerprint density at radius 2 is 1.09 bits per heavy atom. The zero-order chi connectivity index (χ0) is 29.7. The van der Waals surface area contributed by atoms with Crippen LogP contribution in [0.15, 0.2) is 152 Å². The molecular weight excluding hydrogens is 567 g/mol. The van der Waals surface area contributed by atoms with Gasteiger partial charge in [0.25, 0.3) is 0 Å². The van der Waals surface area contributed by atoms with Crippen molar-refractivity contribution in [3.8, 4) is 45.2 Å². The van der Waals surface area contributed by atoms with E-state index in [-0.39, 0.29) is 0 Å². The molecule has 210 valence electrons. The average molecular weight is 592 g/mol. The maximum Gasteiger partial charge on any atom is 0.160 e. The summed E-state index contributed by atoms with van der Waals surface area (Å²) in [7, 11) is 0. The van der Waals surface area contributed by atoms with E-state index in [1.807, 2.05) is 35.6 Å². The third kappa shape index (κ3) is 4.30. The monoisotopic (exact) mass is 591 g/mol. The van der Waals surface area contributed by atoms with Crippen LogP contribution in [-0.2, 0) is 0 Å². The number of nitrogens with zero attached hydrogens (tertiary/aromatic N) is 3. The first-order valence-electron chi connectivity index (χ1n) is 15.0. The fourth-order valence-electron chi connectivity index (χ4n) is 6.40. The molecule has 0 saturated heterocycles. The topological polar surface area (TPSA) is 38.7 Å². The standard InChI is InChI=1S/C41H25N3S/c1-3-14-27(15-4-1)34-25-35(44-41(43-34)28-16-5-2-6-17-28)31-22-12-23-33-37(31)40-38(32-20-9-10-24-36(32)45-40)39(42-33)30-21-11-18-26-13-7-8-19-29(26)30/h1-25H. The maximum atomic E-state index is 5.46. The predicted molar refractivity (Wildman–Crippen MR) is 189 cm³/mol. The Kier molecular flexibility index (Phi) is 6.00. The molecule has 45 heavy (non-hydrogen) atoms. The molecule has 0 amide bonds. The molecule has 3 nitrogen and oxygen atoms in total. The Bertz CT molecular complexity index is 2470. The average Bonchev–Trinajstić information content (AvgIpc) is 3.51. The van der Waals surface area contributed by atoms with E-state index in [2.05, 4.69) is 127 Å². The highest BCUT2D eigenvalue weighted by Gasteiger charge is 2.21. The van der Waals surface area contributed by atoms with Gasteiger partial charge in [-0.05, 0) is 29.0 Å². The Hall–Kier alpha value is -5.71. The van der Waals surface area contributed by atoms with Crippen molar-refractivity contribution in [2.75, 3.05) is 0 Å². The van der Waals surface area contributed by atoms with E-state index in [9.17, 15) is 0 Å². The van der Waals surface area contributed by atoms with Gasteiger partial charge in [-0.2, -0.15) is 0 Å². The highest BCUT2D eigenvalue weighted by Crippen LogP contribution is 2.46. The van der Waals surface area contributed by atoms with Gasteiger partial charge < -0.3 is 0 Å². The van der Waals surface area contributed by atoms with Crippen LogP contribution in [0.5, 0.6) is 0 Å². The molecule has 0 unspecified atom stereocenters. The molecule has 0 fully saturated rings. The molecule has 0 bridgehead atoms. The molecule has 3 heterocycles. The van der Waals surface area contributed by atoms with Gasteiger partial charge in [0.05, 0.1) is 22.6 Å². The summed E-state index contributed by atoms with van der Waals surface area (Å²) in [6.45, 7) is 0. The highest BCUT2D eigenvalue weighted by atomic mass is 32.1. The smallest absolute Gasteiger partial charge is 0.160 e. The summed E-state index contributed by atoms with van der Waals surface area (Å²) in [6, 6.07) is 52.9. The molecule has 0 atom stereocenters. The molecule has 0 spiro atoms. The lowest BCUT2D eigenvalue weighted by molar-refractivity contribution is 1.18. The van der Waals surface area contributed by atoms with Crippen LogP contribution in [0.4, 0.5) is 0 Å². The van der Waals surface area contributed by atoms with Crippen molar-refractivity contribution < 1.29 is 0 Å². The van der Waals surface area contributed by atoms with Crippen LogP contribution in [0.2, 0.25) is 0 Å². The Morgan fingerprint density at radius 1 is 0.444 bits per heavy atom. The summed E-state index contributed by atoms with van der Waals surface area (Å²) < 4.78 is 2.47. The molecule has 6 aromatic carbocycles. The number of pyridine rings is 1. The van der Waals surface area contributed by atoms with Crippen LogP contribution in [0.25, 0.3) is 87.0 Å². The van der Waals surface area contributed by atoms with Gasteiger partial charge >= 0.3 is 0 Å². The van der Waals surface area contributed by atoms with Gasteiger partial charge in [0.1, 0.15) is 0 Å². The summed E-state index contributed by atoms with van der Waals surface area (Å²) >= 11 is 1.83. The number of fused-ring (bicyclic) bond motifs is 6. The fourth-order valence-corrected chi connectivity index (χ4v) is 7.68. The van der Waals surface area contributed by atoms with Crippen molar-refractivity contribution in [1.82, 2.24) is 15.0 Å². The number of hydrogen-bond donors (Lipinski definition) is 0. The number of aromatic nitrogens is 3. The molecule has 0 radical (unpaired) electrons. The first kappa shape index (κ1) is 25.8. The van der Waals surface area contributed by atoms with Crippen LogP contribution in [-0.4, -0.2) is 15.0 Å². The van der Waals surface area contributed by atoms with Gasteiger partial charge in [0.2, 0.25) is 0 Å². The highest BCUT2D eigenvalue weighted by molar-refractivity contribution is 7.26. The minimum atomic E-state index is 0.705. The lowest BCUT2D eigenvalue weighted by Crippen LogP contribution is -1.97. The molecular formula is C41H25N3S. The van der Waals surface area contributed by atoms with E-state index < -0.39 is 0 Å². The van der Waals surface area contributed by atoms with Crippen LogP contribution in [0.1, 0.15) is 0 Å². The molecule has 0 saturated carbocycles. The molecule has 0 N–H and O–H groups in total.